The topological polar surface area (TPSA) is 131 Å². The zero-order valence-corrected chi connectivity index (χ0v) is 19.0. The van der Waals surface area contributed by atoms with Crippen LogP contribution in [-0.4, -0.2) is 37.4 Å². The van der Waals surface area contributed by atoms with Crippen molar-refractivity contribution in [3.05, 3.63) is 65.9 Å². The molecule has 0 atom stereocenters. The summed E-state index contributed by atoms with van der Waals surface area (Å²) < 4.78 is 17.3. The molecule has 8 nitrogen and oxygen atoms in total. The third-order valence-corrected chi connectivity index (χ3v) is 5.58. The Hall–Kier alpha value is -4.17. The lowest BCUT2D eigenvalue weighted by Gasteiger charge is -2.11. The molecule has 0 fully saturated rings. The van der Waals surface area contributed by atoms with Gasteiger partial charge < -0.3 is 25.4 Å². The predicted molar refractivity (Wildman–Crippen MR) is 129 cm³/mol. The lowest BCUT2D eigenvalue weighted by atomic mass is 9.99. The maximum absolute atomic E-state index is 12.4. The quantitative estimate of drug-likeness (QED) is 0.359. The second-order valence-electron chi connectivity index (χ2n) is 7.69. The fraction of sp³-hybridized carbons (Fsp3) is 0.192. The van der Waals surface area contributed by atoms with Gasteiger partial charge in [0.15, 0.2) is 11.4 Å². The number of nitrogens with zero attached hydrogens (tertiary/aromatic N) is 1. The van der Waals surface area contributed by atoms with Crippen molar-refractivity contribution in [3.8, 4) is 33.9 Å². The van der Waals surface area contributed by atoms with E-state index in [-0.39, 0.29) is 5.78 Å². The first-order chi connectivity index (χ1) is 16.5. The molecule has 4 N–H and O–H groups in total. The van der Waals surface area contributed by atoms with Crippen molar-refractivity contribution >= 4 is 22.8 Å². The van der Waals surface area contributed by atoms with E-state index in [9.17, 15) is 9.59 Å². The number of pyridine rings is 1. The molecule has 0 spiro atoms. The van der Waals surface area contributed by atoms with Gasteiger partial charge in [-0.1, -0.05) is 6.07 Å². The van der Waals surface area contributed by atoms with Crippen LogP contribution in [0.3, 0.4) is 0 Å². The number of primary amides is 1. The van der Waals surface area contributed by atoms with Crippen molar-refractivity contribution in [1.29, 1.82) is 0 Å². The number of ketones is 1. The molecule has 0 aliphatic heterocycles. The second-order valence-corrected chi connectivity index (χ2v) is 7.69. The van der Waals surface area contributed by atoms with Gasteiger partial charge in [0.1, 0.15) is 22.8 Å². The summed E-state index contributed by atoms with van der Waals surface area (Å²) in [6.45, 7) is 0.462. The van der Waals surface area contributed by atoms with Crippen LogP contribution in [0.25, 0.3) is 33.6 Å². The Bertz CT molecular complexity index is 1380. The molecule has 0 unspecified atom stereocenters. The molecule has 8 heteroatoms. The standard InChI is InChI=1S/C26H25N3O5/c1-32-22-8-6-16(26(28)31)12-19(22)24-14-20-25(34-24)18(9-11-29-20)17-7-5-15(13-23(17)33-2)21(30)4-3-10-27/h5-9,11-14H,3-4,10,27H2,1-2H3,(H2,28,31). The molecule has 2 heterocycles. The zero-order valence-electron chi connectivity index (χ0n) is 19.0. The smallest absolute Gasteiger partial charge is 0.248 e. The van der Waals surface area contributed by atoms with Crippen molar-refractivity contribution in [2.45, 2.75) is 12.8 Å². The fourth-order valence-corrected chi connectivity index (χ4v) is 3.83. The minimum Gasteiger partial charge on any atom is -0.496 e. The average molecular weight is 460 g/mol. The number of ether oxygens (including phenoxy) is 2. The summed E-state index contributed by atoms with van der Waals surface area (Å²) in [4.78, 5) is 28.6. The Balaban J connectivity index is 1.82. The molecule has 2 aromatic carbocycles. The summed E-state index contributed by atoms with van der Waals surface area (Å²) in [6, 6.07) is 13.8. The highest BCUT2D eigenvalue weighted by atomic mass is 16.5. The maximum Gasteiger partial charge on any atom is 0.248 e. The maximum atomic E-state index is 12.4. The van der Waals surface area contributed by atoms with Crippen molar-refractivity contribution in [3.63, 3.8) is 0 Å². The molecule has 0 aliphatic carbocycles. The van der Waals surface area contributed by atoms with Crippen LogP contribution in [-0.2, 0) is 0 Å². The molecule has 4 aromatic rings. The van der Waals surface area contributed by atoms with Gasteiger partial charge in [0.25, 0.3) is 0 Å². The number of carbonyl (C=O) groups excluding carboxylic acids is 2. The number of amides is 1. The van der Waals surface area contributed by atoms with E-state index in [0.29, 0.717) is 64.4 Å². The lowest BCUT2D eigenvalue weighted by Crippen LogP contribution is -2.10. The molecule has 174 valence electrons. The number of hydrogen-bond donors (Lipinski definition) is 2. The van der Waals surface area contributed by atoms with Crippen molar-refractivity contribution in [1.82, 2.24) is 4.98 Å². The van der Waals surface area contributed by atoms with Crippen LogP contribution < -0.4 is 20.9 Å². The minimum atomic E-state index is -0.551. The number of rotatable bonds is 9. The molecule has 0 bridgehead atoms. The number of benzene rings is 2. The largest absolute Gasteiger partial charge is 0.496 e. The summed E-state index contributed by atoms with van der Waals surface area (Å²) >= 11 is 0. The Kier molecular flexibility index (Phi) is 6.60. The molecule has 4 rings (SSSR count). The van der Waals surface area contributed by atoms with Crippen LogP contribution in [0.4, 0.5) is 0 Å². The average Bonchev–Trinajstić information content (AvgIpc) is 3.30. The molecule has 34 heavy (non-hydrogen) atoms. The summed E-state index contributed by atoms with van der Waals surface area (Å²) in [6.07, 6.45) is 2.68. The van der Waals surface area contributed by atoms with Gasteiger partial charge in [0.2, 0.25) is 5.91 Å². The first-order valence-electron chi connectivity index (χ1n) is 10.7. The number of carbonyl (C=O) groups is 2. The number of furan rings is 1. The Morgan fingerprint density at radius 2 is 1.68 bits per heavy atom. The Labute approximate surface area is 196 Å². The predicted octanol–water partition coefficient (Wildman–Crippen LogP) is 4.20. The fourth-order valence-electron chi connectivity index (χ4n) is 3.83. The Morgan fingerprint density at radius 1 is 0.912 bits per heavy atom. The van der Waals surface area contributed by atoms with Crippen molar-refractivity contribution in [2.75, 3.05) is 20.8 Å². The third-order valence-electron chi connectivity index (χ3n) is 5.58. The van der Waals surface area contributed by atoms with Crippen LogP contribution in [0, 0.1) is 0 Å². The summed E-state index contributed by atoms with van der Waals surface area (Å²) in [5, 5.41) is 0. The van der Waals surface area contributed by atoms with E-state index < -0.39 is 5.91 Å². The SMILES string of the molecule is COc1ccc(C(N)=O)cc1-c1cc2nccc(-c3ccc(C(=O)CCCN)cc3OC)c2o1. The number of nitrogens with two attached hydrogens (primary N) is 2. The molecule has 1 amide bonds. The molecular formula is C26H25N3O5. The number of fused-ring (bicyclic) bond motifs is 1. The second kappa shape index (κ2) is 9.76. The molecule has 0 radical (unpaired) electrons. The van der Waals surface area contributed by atoms with Gasteiger partial charge >= 0.3 is 0 Å². The van der Waals surface area contributed by atoms with E-state index in [4.69, 9.17) is 25.4 Å². The van der Waals surface area contributed by atoms with Gasteiger partial charge in [-0.05, 0) is 49.4 Å². The van der Waals surface area contributed by atoms with E-state index in [1.807, 2.05) is 12.1 Å². The van der Waals surface area contributed by atoms with Gasteiger partial charge in [-0.2, -0.15) is 0 Å². The highest BCUT2D eigenvalue weighted by Gasteiger charge is 2.19. The van der Waals surface area contributed by atoms with Gasteiger partial charge in [0.05, 0.1) is 19.8 Å². The van der Waals surface area contributed by atoms with E-state index in [2.05, 4.69) is 4.98 Å². The van der Waals surface area contributed by atoms with Crippen LogP contribution in [0.1, 0.15) is 33.6 Å². The summed E-state index contributed by atoms with van der Waals surface area (Å²) in [5.74, 6) is 1.00. The van der Waals surface area contributed by atoms with Crippen molar-refractivity contribution < 1.29 is 23.5 Å². The van der Waals surface area contributed by atoms with E-state index >= 15 is 0 Å². The molecule has 0 aliphatic rings. The third kappa shape index (κ3) is 4.35. The van der Waals surface area contributed by atoms with Crippen molar-refractivity contribution in [2.24, 2.45) is 11.5 Å². The van der Waals surface area contributed by atoms with Gasteiger partial charge in [-0.3, -0.25) is 14.6 Å². The van der Waals surface area contributed by atoms with Gasteiger partial charge in [-0.15, -0.1) is 0 Å². The first-order valence-corrected chi connectivity index (χ1v) is 10.7. The molecular weight excluding hydrogens is 434 g/mol. The highest BCUT2D eigenvalue weighted by molar-refractivity contribution is 5.99. The van der Waals surface area contributed by atoms with Gasteiger partial charge in [-0.25, -0.2) is 0 Å². The lowest BCUT2D eigenvalue weighted by molar-refractivity contribution is 0.0977. The van der Waals surface area contributed by atoms with E-state index in [0.717, 1.165) is 11.1 Å². The van der Waals surface area contributed by atoms with E-state index in [1.165, 1.54) is 7.11 Å². The van der Waals surface area contributed by atoms with Crippen LogP contribution >= 0.6 is 0 Å². The number of aromatic nitrogens is 1. The molecule has 0 saturated heterocycles. The summed E-state index contributed by atoms with van der Waals surface area (Å²) in [7, 11) is 3.09. The monoisotopic (exact) mass is 459 g/mol. The van der Waals surface area contributed by atoms with Crippen LogP contribution in [0.15, 0.2) is 59.1 Å². The molecule has 0 saturated carbocycles. The van der Waals surface area contributed by atoms with Crippen LogP contribution in [0.5, 0.6) is 11.5 Å². The minimum absolute atomic E-state index is 0.0110. The zero-order chi connectivity index (χ0) is 24.2. The number of methoxy groups -OCH3 is 2. The van der Waals surface area contributed by atoms with Gasteiger partial charge in [0, 0.05) is 40.9 Å². The Morgan fingerprint density at radius 3 is 2.38 bits per heavy atom. The highest BCUT2D eigenvalue weighted by Crippen LogP contribution is 2.40. The van der Waals surface area contributed by atoms with E-state index in [1.54, 1.807) is 49.7 Å². The summed E-state index contributed by atoms with van der Waals surface area (Å²) in [5.41, 5.74) is 15.1. The number of hydrogen-bond acceptors (Lipinski definition) is 7. The molecule has 2 aromatic heterocycles. The number of Topliss-reactive ketones (excluding diaryl/α,β-unsaturated/α-hetero) is 1. The van der Waals surface area contributed by atoms with Crippen LogP contribution in [0.2, 0.25) is 0 Å². The first kappa shape index (κ1) is 23.0. The normalized spacial score (nSPS) is 10.9.